The fourth-order valence-corrected chi connectivity index (χ4v) is 1.87. The van der Waals surface area contributed by atoms with Crippen molar-refractivity contribution >= 4 is 22.8 Å². The third-order valence-corrected chi connectivity index (χ3v) is 2.82. The zero-order valence-corrected chi connectivity index (χ0v) is 11.2. The van der Waals surface area contributed by atoms with E-state index in [0.717, 1.165) is 0 Å². The van der Waals surface area contributed by atoms with Gasteiger partial charge in [-0.3, -0.25) is 9.59 Å². The van der Waals surface area contributed by atoms with Gasteiger partial charge in [0.1, 0.15) is 6.54 Å². The Morgan fingerprint density at radius 1 is 1.40 bits per heavy atom. The number of esters is 1. The number of furan rings is 1. The molecule has 5 nitrogen and oxygen atoms in total. The SMILES string of the molecule is CCOC(=O)CNC(=O)c1oc2c(F)cccc2c1C. The van der Waals surface area contributed by atoms with E-state index < -0.39 is 17.7 Å². The third kappa shape index (κ3) is 2.64. The second-order valence-corrected chi connectivity index (χ2v) is 4.16. The molecule has 2 aromatic rings. The molecule has 0 saturated carbocycles. The van der Waals surface area contributed by atoms with Gasteiger partial charge < -0.3 is 14.5 Å². The fourth-order valence-electron chi connectivity index (χ4n) is 1.87. The normalized spacial score (nSPS) is 10.6. The summed E-state index contributed by atoms with van der Waals surface area (Å²) in [5.41, 5.74) is 0.562. The lowest BCUT2D eigenvalue weighted by molar-refractivity contribution is -0.141. The zero-order chi connectivity index (χ0) is 14.7. The van der Waals surface area contributed by atoms with Gasteiger partial charge in [-0.15, -0.1) is 0 Å². The maximum absolute atomic E-state index is 13.6. The van der Waals surface area contributed by atoms with Crippen molar-refractivity contribution in [2.45, 2.75) is 13.8 Å². The van der Waals surface area contributed by atoms with E-state index in [1.807, 2.05) is 0 Å². The van der Waals surface area contributed by atoms with Gasteiger partial charge in [0.05, 0.1) is 6.61 Å². The smallest absolute Gasteiger partial charge is 0.325 e. The number of amides is 1. The van der Waals surface area contributed by atoms with Gasteiger partial charge in [0.2, 0.25) is 0 Å². The Hall–Kier alpha value is -2.37. The van der Waals surface area contributed by atoms with Gasteiger partial charge in [0, 0.05) is 10.9 Å². The van der Waals surface area contributed by atoms with Crippen molar-refractivity contribution in [1.29, 1.82) is 0 Å². The highest BCUT2D eigenvalue weighted by Gasteiger charge is 2.19. The predicted molar refractivity (Wildman–Crippen MR) is 69.9 cm³/mol. The Balaban J connectivity index is 2.20. The maximum Gasteiger partial charge on any atom is 0.325 e. The number of nitrogens with one attached hydrogen (secondary N) is 1. The lowest BCUT2D eigenvalue weighted by Gasteiger charge is -2.03. The molecule has 0 atom stereocenters. The molecular formula is C14H14FNO4. The van der Waals surface area contributed by atoms with Crippen LogP contribution in [-0.4, -0.2) is 25.0 Å². The van der Waals surface area contributed by atoms with Crippen LogP contribution in [-0.2, 0) is 9.53 Å². The van der Waals surface area contributed by atoms with Gasteiger partial charge in [0.15, 0.2) is 17.2 Å². The number of para-hydroxylation sites is 1. The molecule has 1 aromatic heterocycles. The summed E-state index contributed by atoms with van der Waals surface area (Å²) in [7, 11) is 0. The molecule has 1 heterocycles. The number of rotatable bonds is 4. The molecule has 1 amide bonds. The van der Waals surface area contributed by atoms with Crippen molar-refractivity contribution in [3.8, 4) is 0 Å². The number of ether oxygens (including phenoxy) is 1. The number of carbonyl (C=O) groups excluding carboxylic acids is 2. The Bertz CT molecular complexity index is 662. The minimum absolute atomic E-state index is 0.00519. The molecule has 106 valence electrons. The molecular weight excluding hydrogens is 265 g/mol. The van der Waals surface area contributed by atoms with Crippen LogP contribution < -0.4 is 5.32 Å². The van der Waals surface area contributed by atoms with Gasteiger partial charge >= 0.3 is 5.97 Å². The number of hydrogen-bond acceptors (Lipinski definition) is 4. The second kappa shape index (κ2) is 5.73. The third-order valence-electron chi connectivity index (χ3n) is 2.82. The summed E-state index contributed by atoms with van der Waals surface area (Å²) in [6.07, 6.45) is 0. The molecule has 1 aromatic carbocycles. The van der Waals surface area contributed by atoms with E-state index >= 15 is 0 Å². The number of hydrogen-bond donors (Lipinski definition) is 1. The summed E-state index contributed by atoms with van der Waals surface area (Å²) in [5.74, 6) is -1.66. The number of benzene rings is 1. The summed E-state index contributed by atoms with van der Waals surface area (Å²) >= 11 is 0. The summed E-state index contributed by atoms with van der Waals surface area (Å²) in [5, 5.41) is 2.91. The number of carbonyl (C=O) groups is 2. The topological polar surface area (TPSA) is 68.5 Å². The van der Waals surface area contributed by atoms with E-state index in [1.54, 1.807) is 26.0 Å². The maximum atomic E-state index is 13.6. The Morgan fingerprint density at radius 2 is 2.15 bits per heavy atom. The number of fused-ring (bicyclic) bond motifs is 1. The Labute approximate surface area is 114 Å². The van der Waals surface area contributed by atoms with Crippen LogP contribution in [0.4, 0.5) is 4.39 Å². The van der Waals surface area contributed by atoms with Gasteiger partial charge in [-0.2, -0.15) is 0 Å². The fraction of sp³-hybridized carbons (Fsp3) is 0.286. The predicted octanol–water partition coefficient (Wildman–Crippen LogP) is 2.17. The molecule has 0 bridgehead atoms. The van der Waals surface area contributed by atoms with Crippen LogP contribution in [0.1, 0.15) is 23.0 Å². The minimum Gasteiger partial charge on any atom is -0.465 e. The van der Waals surface area contributed by atoms with Gasteiger partial charge in [-0.05, 0) is 19.9 Å². The van der Waals surface area contributed by atoms with Gasteiger partial charge in [-0.25, -0.2) is 4.39 Å². The van der Waals surface area contributed by atoms with Crippen LogP contribution in [0.5, 0.6) is 0 Å². The van der Waals surface area contributed by atoms with Crippen molar-refractivity contribution in [2.75, 3.05) is 13.2 Å². The lowest BCUT2D eigenvalue weighted by atomic mass is 10.1. The van der Waals surface area contributed by atoms with Crippen LogP contribution in [0.25, 0.3) is 11.0 Å². The highest BCUT2D eigenvalue weighted by molar-refractivity contribution is 6.00. The molecule has 0 saturated heterocycles. The number of halogens is 1. The standard InChI is InChI=1S/C14H14FNO4/c1-3-19-11(17)7-16-14(18)12-8(2)9-5-4-6-10(15)13(9)20-12/h4-6H,3,7H2,1-2H3,(H,16,18). The van der Waals surface area contributed by atoms with Crippen molar-refractivity contribution in [2.24, 2.45) is 0 Å². The molecule has 0 radical (unpaired) electrons. The van der Waals surface area contributed by atoms with E-state index in [4.69, 9.17) is 9.15 Å². The van der Waals surface area contributed by atoms with Crippen molar-refractivity contribution in [3.05, 3.63) is 35.3 Å². The first-order valence-corrected chi connectivity index (χ1v) is 6.16. The first-order chi connectivity index (χ1) is 9.54. The van der Waals surface area contributed by atoms with E-state index in [1.165, 1.54) is 6.07 Å². The highest BCUT2D eigenvalue weighted by atomic mass is 19.1. The molecule has 0 fully saturated rings. The summed E-state index contributed by atoms with van der Waals surface area (Å²) in [6, 6.07) is 4.46. The molecule has 0 unspecified atom stereocenters. The summed E-state index contributed by atoms with van der Waals surface area (Å²) in [4.78, 5) is 23.1. The molecule has 0 spiro atoms. The Morgan fingerprint density at radius 3 is 2.80 bits per heavy atom. The molecule has 1 N–H and O–H groups in total. The first-order valence-electron chi connectivity index (χ1n) is 6.16. The zero-order valence-electron chi connectivity index (χ0n) is 11.2. The van der Waals surface area contributed by atoms with Crippen molar-refractivity contribution in [3.63, 3.8) is 0 Å². The number of aryl methyl sites for hydroxylation is 1. The molecule has 6 heteroatoms. The van der Waals surface area contributed by atoms with Crippen LogP contribution in [0, 0.1) is 12.7 Å². The average Bonchev–Trinajstić information content (AvgIpc) is 2.76. The van der Waals surface area contributed by atoms with Crippen LogP contribution >= 0.6 is 0 Å². The average molecular weight is 279 g/mol. The van der Waals surface area contributed by atoms with Crippen molar-refractivity contribution in [1.82, 2.24) is 5.32 Å². The molecule has 2 rings (SSSR count). The molecule has 0 aliphatic heterocycles. The van der Waals surface area contributed by atoms with Gasteiger partial charge in [0.25, 0.3) is 5.91 Å². The summed E-state index contributed by atoms with van der Waals surface area (Å²) < 4.78 is 23.5. The molecule has 20 heavy (non-hydrogen) atoms. The summed E-state index contributed by atoms with van der Waals surface area (Å²) in [6.45, 7) is 3.31. The highest BCUT2D eigenvalue weighted by Crippen LogP contribution is 2.27. The first kappa shape index (κ1) is 14.0. The molecule has 0 aliphatic rings. The monoisotopic (exact) mass is 279 g/mol. The Kier molecular flexibility index (Phi) is 4.02. The van der Waals surface area contributed by atoms with E-state index in [-0.39, 0.29) is 24.5 Å². The van der Waals surface area contributed by atoms with Crippen LogP contribution in [0.2, 0.25) is 0 Å². The second-order valence-electron chi connectivity index (χ2n) is 4.16. The van der Waals surface area contributed by atoms with Crippen LogP contribution in [0.15, 0.2) is 22.6 Å². The largest absolute Gasteiger partial charge is 0.465 e. The minimum atomic E-state index is -0.578. The quantitative estimate of drug-likeness (QED) is 0.871. The molecule has 0 aliphatic carbocycles. The van der Waals surface area contributed by atoms with E-state index in [0.29, 0.717) is 10.9 Å². The van der Waals surface area contributed by atoms with E-state index in [9.17, 15) is 14.0 Å². The van der Waals surface area contributed by atoms with Crippen molar-refractivity contribution < 1.29 is 23.1 Å². The van der Waals surface area contributed by atoms with E-state index in [2.05, 4.69) is 5.32 Å². The van der Waals surface area contributed by atoms with Crippen LogP contribution in [0.3, 0.4) is 0 Å². The lowest BCUT2D eigenvalue weighted by Crippen LogP contribution is -2.30. The van der Waals surface area contributed by atoms with Gasteiger partial charge in [-0.1, -0.05) is 12.1 Å².